The molecule has 1 amide bonds. The molecule has 0 atom stereocenters. The molecule has 0 saturated carbocycles. The molecule has 1 aromatic rings. The van der Waals surface area contributed by atoms with E-state index in [1.165, 1.54) is 17.9 Å². The zero-order chi connectivity index (χ0) is 19.0. The quantitative estimate of drug-likeness (QED) is 0.584. The lowest BCUT2D eigenvalue weighted by Gasteiger charge is -2.24. The van der Waals surface area contributed by atoms with Gasteiger partial charge in [-0.2, -0.15) is 0 Å². The Morgan fingerprint density at radius 3 is 2.20 bits per heavy atom. The standard InChI is InChI=1S/C19H25NO5/c1-6-24-17(22)12-9-15-7-10-16(11-8-15)20(14(2)21)13-18(23)25-19(3,4)5/h7-12H,6,13H2,1-5H3. The number of ether oxygens (including phenoxy) is 2. The van der Waals surface area contributed by atoms with Gasteiger partial charge < -0.3 is 14.4 Å². The first kappa shape index (κ1) is 20.4. The van der Waals surface area contributed by atoms with Crippen LogP contribution in [0.15, 0.2) is 30.3 Å². The molecule has 0 aliphatic carbocycles. The maximum absolute atomic E-state index is 12.0. The zero-order valence-electron chi connectivity index (χ0n) is 15.4. The van der Waals surface area contributed by atoms with E-state index in [0.717, 1.165) is 5.56 Å². The summed E-state index contributed by atoms with van der Waals surface area (Å²) in [5.41, 5.74) is 0.741. The molecule has 0 fully saturated rings. The number of benzene rings is 1. The van der Waals surface area contributed by atoms with Crippen LogP contribution in [0.3, 0.4) is 0 Å². The molecule has 0 aliphatic heterocycles. The Kier molecular flexibility index (Phi) is 7.36. The Labute approximate surface area is 148 Å². The van der Waals surface area contributed by atoms with E-state index in [4.69, 9.17) is 9.47 Å². The van der Waals surface area contributed by atoms with Crippen molar-refractivity contribution in [1.29, 1.82) is 0 Å². The highest BCUT2D eigenvalue weighted by molar-refractivity contribution is 5.96. The summed E-state index contributed by atoms with van der Waals surface area (Å²) in [6.07, 6.45) is 2.95. The lowest BCUT2D eigenvalue weighted by Crippen LogP contribution is -2.37. The van der Waals surface area contributed by atoms with Crippen molar-refractivity contribution in [1.82, 2.24) is 0 Å². The van der Waals surface area contributed by atoms with E-state index in [1.807, 2.05) is 0 Å². The van der Waals surface area contributed by atoms with Crippen molar-refractivity contribution >= 4 is 29.6 Å². The molecular formula is C19H25NO5. The van der Waals surface area contributed by atoms with Gasteiger partial charge in [0.1, 0.15) is 12.1 Å². The fourth-order valence-electron chi connectivity index (χ4n) is 2.01. The predicted octanol–water partition coefficient (Wildman–Crippen LogP) is 2.96. The molecule has 0 aliphatic rings. The second-order valence-corrected chi connectivity index (χ2v) is 6.37. The van der Waals surface area contributed by atoms with E-state index >= 15 is 0 Å². The predicted molar refractivity (Wildman–Crippen MR) is 96.0 cm³/mol. The summed E-state index contributed by atoms with van der Waals surface area (Å²) in [6, 6.07) is 6.90. The normalized spacial score (nSPS) is 11.2. The average Bonchev–Trinajstić information content (AvgIpc) is 2.49. The highest BCUT2D eigenvalue weighted by Gasteiger charge is 2.21. The number of hydrogen-bond donors (Lipinski definition) is 0. The Hall–Kier alpha value is -2.63. The molecule has 0 N–H and O–H groups in total. The van der Waals surface area contributed by atoms with Crippen LogP contribution in [0, 0.1) is 0 Å². The third-order valence-corrected chi connectivity index (χ3v) is 2.99. The fourth-order valence-corrected chi connectivity index (χ4v) is 2.01. The first-order valence-electron chi connectivity index (χ1n) is 8.07. The van der Waals surface area contributed by atoms with Crippen LogP contribution in [0.1, 0.15) is 40.2 Å². The number of amides is 1. The minimum absolute atomic E-state index is 0.162. The molecule has 0 spiro atoms. The highest BCUT2D eigenvalue weighted by atomic mass is 16.6. The first-order chi connectivity index (χ1) is 11.6. The maximum Gasteiger partial charge on any atom is 0.330 e. The largest absolute Gasteiger partial charge is 0.463 e. The van der Waals surface area contributed by atoms with Gasteiger partial charge in [-0.15, -0.1) is 0 Å². The van der Waals surface area contributed by atoms with Crippen LogP contribution in [-0.2, 0) is 23.9 Å². The third-order valence-electron chi connectivity index (χ3n) is 2.99. The van der Waals surface area contributed by atoms with Gasteiger partial charge in [-0.05, 0) is 51.5 Å². The van der Waals surface area contributed by atoms with Crippen LogP contribution in [0.4, 0.5) is 5.69 Å². The molecule has 0 bridgehead atoms. The number of carbonyl (C=O) groups is 3. The minimum Gasteiger partial charge on any atom is -0.463 e. The summed E-state index contributed by atoms with van der Waals surface area (Å²) in [5.74, 6) is -1.16. The van der Waals surface area contributed by atoms with Gasteiger partial charge in [-0.1, -0.05) is 12.1 Å². The smallest absolute Gasteiger partial charge is 0.330 e. The number of carbonyl (C=O) groups excluding carboxylic acids is 3. The van der Waals surface area contributed by atoms with Gasteiger partial charge in [0.05, 0.1) is 6.61 Å². The molecule has 0 radical (unpaired) electrons. The van der Waals surface area contributed by atoms with E-state index in [0.29, 0.717) is 12.3 Å². The number of nitrogens with zero attached hydrogens (tertiary/aromatic N) is 1. The fraction of sp³-hybridized carbons (Fsp3) is 0.421. The van der Waals surface area contributed by atoms with Gasteiger partial charge >= 0.3 is 11.9 Å². The third kappa shape index (κ3) is 7.65. The van der Waals surface area contributed by atoms with Crippen molar-refractivity contribution < 1.29 is 23.9 Å². The van der Waals surface area contributed by atoms with Gasteiger partial charge in [0.25, 0.3) is 0 Å². The van der Waals surface area contributed by atoms with Crippen LogP contribution in [0.25, 0.3) is 6.08 Å². The van der Waals surface area contributed by atoms with Gasteiger partial charge in [0.2, 0.25) is 5.91 Å². The Morgan fingerprint density at radius 1 is 1.12 bits per heavy atom. The molecule has 0 aromatic heterocycles. The van der Waals surface area contributed by atoms with E-state index in [2.05, 4.69) is 0 Å². The molecule has 25 heavy (non-hydrogen) atoms. The molecule has 0 saturated heterocycles. The monoisotopic (exact) mass is 347 g/mol. The molecule has 0 heterocycles. The molecule has 0 unspecified atom stereocenters. The number of anilines is 1. The van der Waals surface area contributed by atoms with Crippen LogP contribution in [0.5, 0.6) is 0 Å². The van der Waals surface area contributed by atoms with E-state index in [9.17, 15) is 14.4 Å². The first-order valence-corrected chi connectivity index (χ1v) is 8.07. The summed E-state index contributed by atoms with van der Waals surface area (Å²) in [4.78, 5) is 36.5. The second-order valence-electron chi connectivity index (χ2n) is 6.37. The summed E-state index contributed by atoms with van der Waals surface area (Å²) in [6.45, 7) is 8.60. The summed E-state index contributed by atoms with van der Waals surface area (Å²) in [5, 5.41) is 0. The number of esters is 2. The highest BCUT2D eigenvalue weighted by Crippen LogP contribution is 2.17. The molecule has 1 rings (SSSR count). The summed E-state index contributed by atoms with van der Waals surface area (Å²) in [7, 11) is 0. The van der Waals surface area contributed by atoms with Crippen LogP contribution < -0.4 is 4.90 Å². The molecule has 6 heteroatoms. The summed E-state index contributed by atoms with van der Waals surface area (Å²) < 4.78 is 10.1. The topological polar surface area (TPSA) is 72.9 Å². The average molecular weight is 347 g/mol. The molecule has 1 aromatic carbocycles. The summed E-state index contributed by atoms with van der Waals surface area (Å²) >= 11 is 0. The van der Waals surface area contributed by atoms with Crippen LogP contribution >= 0.6 is 0 Å². The van der Waals surface area contributed by atoms with Gasteiger partial charge in [-0.25, -0.2) is 4.79 Å². The SMILES string of the molecule is CCOC(=O)C=Cc1ccc(N(CC(=O)OC(C)(C)C)C(C)=O)cc1. The number of hydrogen-bond acceptors (Lipinski definition) is 5. The van der Waals surface area contributed by atoms with Gasteiger partial charge in [-0.3, -0.25) is 9.59 Å². The van der Waals surface area contributed by atoms with Crippen molar-refractivity contribution in [3.05, 3.63) is 35.9 Å². The van der Waals surface area contributed by atoms with Gasteiger partial charge in [0, 0.05) is 18.7 Å². The Morgan fingerprint density at radius 2 is 1.72 bits per heavy atom. The van der Waals surface area contributed by atoms with Gasteiger partial charge in [0.15, 0.2) is 0 Å². The zero-order valence-corrected chi connectivity index (χ0v) is 15.4. The molecule has 136 valence electrons. The van der Waals surface area contributed by atoms with E-state index in [1.54, 1.807) is 58.0 Å². The van der Waals surface area contributed by atoms with E-state index < -0.39 is 17.5 Å². The molecular weight excluding hydrogens is 322 g/mol. The number of rotatable bonds is 6. The lowest BCUT2D eigenvalue weighted by atomic mass is 10.1. The van der Waals surface area contributed by atoms with Crippen molar-refractivity contribution in [2.45, 2.75) is 40.2 Å². The second kappa shape index (κ2) is 9.01. The Bertz CT molecular complexity index is 641. The lowest BCUT2D eigenvalue weighted by molar-refractivity contribution is -0.153. The van der Waals surface area contributed by atoms with Crippen LogP contribution in [0.2, 0.25) is 0 Å². The van der Waals surface area contributed by atoms with Crippen molar-refractivity contribution in [3.63, 3.8) is 0 Å². The minimum atomic E-state index is -0.610. The van der Waals surface area contributed by atoms with Crippen molar-refractivity contribution in [2.24, 2.45) is 0 Å². The molecule has 6 nitrogen and oxygen atoms in total. The Balaban J connectivity index is 2.83. The van der Waals surface area contributed by atoms with Crippen LogP contribution in [-0.4, -0.2) is 36.6 Å². The maximum atomic E-state index is 12.0. The van der Waals surface area contributed by atoms with E-state index in [-0.39, 0.29) is 12.5 Å². The van der Waals surface area contributed by atoms with Crippen molar-refractivity contribution in [3.8, 4) is 0 Å². The van der Waals surface area contributed by atoms with Crippen molar-refractivity contribution in [2.75, 3.05) is 18.1 Å².